The van der Waals surface area contributed by atoms with Gasteiger partial charge in [0.15, 0.2) is 11.6 Å². The number of amides is 1. The van der Waals surface area contributed by atoms with E-state index in [-0.39, 0.29) is 17.7 Å². The second-order valence-corrected chi connectivity index (χ2v) is 9.51. The molecule has 33 heavy (non-hydrogen) atoms. The Morgan fingerprint density at radius 3 is 1.97 bits per heavy atom. The van der Waals surface area contributed by atoms with Gasteiger partial charge in [-0.2, -0.15) is 0 Å². The number of ether oxygens (including phenoxy) is 1. The molecule has 0 spiro atoms. The molecule has 3 heterocycles. The number of carbonyl (C=O) groups excluding carboxylic acids is 3. The molecule has 0 radical (unpaired) electrons. The maximum absolute atomic E-state index is 12.2. The van der Waals surface area contributed by atoms with Crippen LogP contribution in [-0.4, -0.2) is 64.3 Å². The summed E-state index contributed by atoms with van der Waals surface area (Å²) >= 11 is 3.17. The van der Waals surface area contributed by atoms with Gasteiger partial charge in [0.1, 0.15) is 16.0 Å². The second-order valence-electron chi connectivity index (χ2n) is 8.70. The minimum Gasteiger partial charge on any atom is -0.444 e. The van der Waals surface area contributed by atoms with E-state index < -0.39 is 5.60 Å². The molecular formula is C24H31BrN4O4. The van der Waals surface area contributed by atoms with E-state index in [2.05, 4.69) is 30.8 Å². The Morgan fingerprint density at radius 2 is 1.48 bits per heavy atom. The van der Waals surface area contributed by atoms with Gasteiger partial charge in [-0.25, -0.2) is 14.8 Å². The molecule has 1 saturated heterocycles. The van der Waals surface area contributed by atoms with Gasteiger partial charge in [-0.3, -0.25) is 9.59 Å². The smallest absolute Gasteiger partial charge is 0.410 e. The molecule has 0 aromatic carbocycles. The van der Waals surface area contributed by atoms with Gasteiger partial charge in [0.05, 0.1) is 0 Å². The molecule has 1 aliphatic rings. The SMILES string of the molecule is CC(=O)c1ccc(Br)nc1.CC(=O)c1ccc(N2CCCN(C(=O)OC(C)(C)C)CC2)nc1. The summed E-state index contributed by atoms with van der Waals surface area (Å²) in [6.45, 7) is 11.5. The first-order chi connectivity index (χ1) is 15.5. The standard InChI is InChI=1S/C17H25N3O3.C7H6BrNO/c1-13(21)14-6-7-15(18-12-14)19-8-5-9-20(11-10-19)16(22)23-17(2,3)4;1-5(10)6-2-3-7(8)9-4-6/h6-7,12H,5,8-11H2,1-4H3;2-4H,1H3. The van der Waals surface area contributed by atoms with E-state index in [1.165, 1.54) is 13.8 Å². The van der Waals surface area contributed by atoms with Crippen LogP contribution in [0.4, 0.5) is 10.6 Å². The lowest BCUT2D eigenvalue weighted by Gasteiger charge is -2.26. The number of Topliss-reactive ketones (excluding diaryl/α,β-unsaturated/α-hetero) is 2. The largest absolute Gasteiger partial charge is 0.444 e. The molecule has 0 N–H and O–H groups in total. The minimum absolute atomic E-state index is 0.0102. The molecule has 8 nitrogen and oxygen atoms in total. The third-order valence-electron chi connectivity index (χ3n) is 4.76. The van der Waals surface area contributed by atoms with Gasteiger partial charge in [-0.15, -0.1) is 0 Å². The zero-order valence-electron chi connectivity index (χ0n) is 19.8. The fourth-order valence-corrected chi connectivity index (χ4v) is 3.26. The van der Waals surface area contributed by atoms with E-state index in [9.17, 15) is 14.4 Å². The molecule has 0 saturated carbocycles. The highest BCUT2D eigenvalue weighted by Crippen LogP contribution is 2.16. The lowest BCUT2D eigenvalue weighted by molar-refractivity contribution is 0.0263. The fraction of sp³-hybridized carbons (Fsp3) is 0.458. The van der Waals surface area contributed by atoms with Crippen LogP contribution in [0.5, 0.6) is 0 Å². The van der Waals surface area contributed by atoms with Gasteiger partial charge in [0, 0.05) is 49.7 Å². The third kappa shape index (κ3) is 8.92. The highest BCUT2D eigenvalue weighted by Gasteiger charge is 2.24. The number of pyridine rings is 2. The Labute approximate surface area is 203 Å². The molecule has 2 aromatic rings. The summed E-state index contributed by atoms with van der Waals surface area (Å²) in [4.78, 5) is 46.3. The maximum atomic E-state index is 12.2. The van der Waals surface area contributed by atoms with Crippen molar-refractivity contribution < 1.29 is 19.1 Å². The van der Waals surface area contributed by atoms with Crippen LogP contribution in [0.3, 0.4) is 0 Å². The van der Waals surface area contributed by atoms with E-state index in [4.69, 9.17) is 4.74 Å². The number of rotatable bonds is 3. The van der Waals surface area contributed by atoms with Gasteiger partial charge in [-0.05, 0) is 81.2 Å². The Morgan fingerprint density at radius 1 is 0.879 bits per heavy atom. The third-order valence-corrected chi connectivity index (χ3v) is 5.23. The number of hydrogen-bond donors (Lipinski definition) is 0. The van der Waals surface area contributed by atoms with Gasteiger partial charge < -0.3 is 14.5 Å². The number of carbonyl (C=O) groups is 3. The summed E-state index contributed by atoms with van der Waals surface area (Å²) in [5.74, 6) is 0.886. The van der Waals surface area contributed by atoms with Gasteiger partial charge in [0.2, 0.25) is 0 Å². The monoisotopic (exact) mass is 518 g/mol. The van der Waals surface area contributed by atoms with Crippen molar-refractivity contribution in [2.45, 2.75) is 46.6 Å². The van der Waals surface area contributed by atoms with Gasteiger partial charge >= 0.3 is 6.09 Å². The summed E-state index contributed by atoms with van der Waals surface area (Å²) in [6, 6.07) is 7.14. The van der Waals surface area contributed by atoms with Crippen LogP contribution in [0.15, 0.2) is 41.3 Å². The predicted molar refractivity (Wildman–Crippen MR) is 131 cm³/mol. The second kappa shape index (κ2) is 11.9. The summed E-state index contributed by atoms with van der Waals surface area (Å²) < 4.78 is 6.18. The van der Waals surface area contributed by atoms with Crippen molar-refractivity contribution in [1.82, 2.24) is 14.9 Å². The van der Waals surface area contributed by atoms with Crippen molar-refractivity contribution in [3.05, 3.63) is 52.4 Å². The molecule has 0 bridgehead atoms. The first-order valence-corrected chi connectivity index (χ1v) is 11.6. The molecule has 3 rings (SSSR count). The van der Waals surface area contributed by atoms with E-state index >= 15 is 0 Å². The molecule has 0 atom stereocenters. The van der Waals surface area contributed by atoms with Crippen molar-refractivity contribution in [2.75, 3.05) is 31.1 Å². The number of ketones is 2. The first-order valence-electron chi connectivity index (χ1n) is 10.8. The average Bonchev–Trinajstić information content (AvgIpc) is 3.00. The Bertz CT molecular complexity index is 956. The Balaban J connectivity index is 0.000000321. The zero-order chi connectivity index (χ0) is 24.6. The van der Waals surface area contributed by atoms with Crippen molar-refractivity contribution in [1.29, 1.82) is 0 Å². The van der Waals surface area contributed by atoms with Crippen molar-refractivity contribution >= 4 is 39.4 Å². The summed E-state index contributed by atoms with van der Waals surface area (Å²) in [6.07, 6.45) is 3.75. The molecule has 0 aliphatic carbocycles. The first kappa shape index (κ1) is 26.4. The Kier molecular flexibility index (Phi) is 9.52. The maximum Gasteiger partial charge on any atom is 0.410 e. The van der Waals surface area contributed by atoms with Crippen molar-refractivity contribution in [3.8, 4) is 0 Å². The quantitative estimate of drug-likeness (QED) is 0.426. The van der Waals surface area contributed by atoms with E-state index in [1.807, 2.05) is 26.8 Å². The molecule has 178 valence electrons. The summed E-state index contributed by atoms with van der Waals surface area (Å²) in [5.41, 5.74) is 0.773. The van der Waals surface area contributed by atoms with E-state index in [0.717, 1.165) is 23.4 Å². The molecule has 1 fully saturated rings. The number of nitrogens with zero attached hydrogens (tertiary/aromatic N) is 4. The Hall–Kier alpha value is -2.81. The topological polar surface area (TPSA) is 92.7 Å². The molecular weight excluding hydrogens is 488 g/mol. The number of hydrogen-bond acceptors (Lipinski definition) is 7. The fourth-order valence-electron chi connectivity index (χ4n) is 3.02. The van der Waals surface area contributed by atoms with Crippen LogP contribution >= 0.6 is 15.9 Å². The van der Waals surface area contributed by atoms with Crippen LogP contribution in [0.2, 0.25) is 0 Å². The number of aromatic nitrogens is 2. The van der Waals surface area contributed by atoms with E-state index in [0.29, 0.717) is 30.8 Å². The van der Waals surface area contributed by atoms with Crippen LogP contribution < -0.4 is 4.90 Å². The molecule has 0 unspecified atom stereocenters. The predicted octanol–water partition coefficient (Wildman–Crippen LogP) is 4.78. The molecule has 1 amide bonds. The minimum atomic E-state index is -0.479. The van der Waals surface area contributed by atoms with Crippen LogP contribution in [-0.2, 0) is 4.74 Å². The zero-order valence-corrected chi connectivity index (χ0v) is 21.4. The highest BCUT2D eigenvalue weighted by molar-refractivity contribution is 9.10. The number of anilines is 1. The van der Waals surface area contributed by atoms with Crippen LogP contribution in [0.1, 0.15) is 61.8 Å². The average molecular weight is 519 g/mol. The van der Waals surface area contributed by atoms with Crippen molar-refractivity contribution in [2.24, 2.45) is 0 Å². The lowest BCUT2D eigenvalue weighted by atomic mass is 10.2. The normalized spacial score (nSPS) is 14.0. The molecule has 2 aromatic heterocycles. The highest BCUT2D eigenvalue weighted by atomic mass is 79.9. The summed E-state index contributed by atoms with van der Waals surface area (Å²) in [7, 11) is 0. The van der Waals surface area contributed by atoms with E-state index in [1.54, 1.807) is 35.5 Å². The molecule has 9 heteroatoms. The van der Waals surface area contributed by atoms with Gasteiger partial charge in [-0.1, -0.05) is 0 Å². The summed E-state index contributed by atoms with van der Waals surface area (Å²) in [5, 5.41) is 0. The lowest BCUT2D eigenvalue weighted by Crippen LogP contribution is -2.39. The van der Waals surface area contributed by atoms with Crippen LogP contribution in [0, 0.1) is 0 Å². The van der Waals surface area contributed by atoms with Crippen LogP contribution in [0.25, 0.3) is 0 Å². The van der Waals surface area contributed by atoms with Gasteiger partial charge in [0.25, 0.3) is 0 Å². The van der Waals surface area contributed by atoms with Crippen molar-refractivity contribution in [3.63, 3.8) is 0 Å². The molecule has 1 aliphatic heterocycles. The number of halogens is 1.